The number of ketones is 1. The van der Waals surface area contributed by atoms with Gasteiger partial charge in [0.15, 0.2) is 0 Å². The van der Waals surface area contributed by atoms with Crippen LogP contribution < -0.4 is 0 Å². The van der Waals surface area contributed by atoms with E-state index in [0.717, 1.165) is 6.42 Å². The van der Waals surface area contributed by atoms with E-state index in [4.69, 9.17) is 0 Å². The molecule has 2 nitrogen and oxygen atoms in total. The third-order valence-corrected chi connectivity index (χ3v) is 3.60. The minimum Gasteiger partial charge on any atom is -0.300 e. The first-order chi connectivity index (χ1) is 7.27. The van der Waals surface area contributed by atoms with E-state index >= 15 is 0 Å². The Morgan fingerprint density at radius 2 is 2.27 bits per heavy atom. The lowest BCUT2D eigenvalue weighted by molar-refractivity contribution is -0.118. The molecule has 1 fully saturated rings. The van der Waals surface area contributed by atoms with Crippen molar-refractivity contribution in [1.29, 1.82) is 0 Å². The summed E-state index contributed by atoms with van der Waals surface area (Å²) >= 11 is 0. The van der Waals surface area contributed by atoms with Gasteiger partial charge >= 0.3 is 0 Å². The van der Waals surface area contributed by atoms with E-state index in [9.17, 15) is 4.79 Å². The second-order valence-corrected chi connectivity index (χ2v) is 4.87. The molecule has 0 aromatic heterocycles. The average molecular weight is 207 g/mol. The summed E-state index contributed by atoms with van der Waals surface area (Å²) in [6, 6.07) is 1.14. The zero-order chi connectivity index (χ0) is 10.7. The number of carbonyl (C=O) groups is 1. The van der Waals surface area contributed by atoms with Crippen LogP contribution in [0.3, 0.4) is 0 Å². The second-order valence-electron chi connectivity index (χ2n) is 4.87. The first-order valence-electron chi connectivity index (χ1n) is 6.19. The molecule has 15 heavy (non-hydrogen) atoms. The Morgan fingerprint density at radius 1 is 1.40 bits per heavy atom. The molecule has 1 saturated heterocycles. The van der Waals surface area contributed by atoms with Gasteiger partial charge in [0.05, 0.1) is 0 Å². The molecule has 0 radical (unpaired) electrons. The van der Waals surface area contributed by atoms with Crippen molar-refractivity contribution in [3.05, 3.63) is 12.2 Å². The molecule has 2 unspecified atom stereocenters. The standard InChI is InChI=1S/C13H21NO/c1-11(15)10-13-8-5-9-14(13)12-6-3-2-4-7-12/h3,6,12-13H,2,4-5,7-10H2,1H3. The first-order valence-corrected chi connectivity index (χ1v) is 6.19. The van der Waals surface area contributed by atoms with E-state index in [1.165, 1.54) is 38.6 Å². The highest BCUT2D eigenvalue weighted by molar-refractivity contribution is 5.76. The quantitative estimate of drug-likeness (QED) is 0.663. The Labute approximate surface area is 92.3 Å². The van der Waals surface area contributed by atoms with E-state index < -0.39 is 0 Å². The van der Waals surface area contributed by atoms with Crippen molar-refractivity contribution in [2.24, 2.45) is 0 Å². The van der Waals surface area contributed by atoms with Gasteiger partial charge in [-0.05, 0) is 45.6 Å². The van der Waals surface area contributed by atoms with Gasteiger partial charge in [0.25, 0.3) is 0 Å². The van der Waals surface area contributed by atoms with Crippen LogP contribution in [-0.4, -0.2) is 29.3 Å². The zero-order valence-electron chi connectivity index (χ0n) is 9.61. The molecular weight excluding hydrogens is 186 g/mol. The summed E-state index contributed by atoms with van der Waals surface area (Å²) in [7, 11) is 0. The van der Waals surface area contributed by atoms with Crippen LogP contribution in [0.25, 0.3) is 0 Å². The van der Waals surface area contributed by atoms with E-state index in [2.05, 4.69) is 17.1 Å². The molecule has 2 aliphatic rings. The largest absolute Gasteiger partial charge is 0.300 e. The Bertz CT molecular complexity index is 259. The van der Waals surface area contributed by atoms with Crippen molar-refractivity contribution in [2.45, 2.75) is 57.5 Å². The summed E-state index contributed by atoms with van der Waals surface area (Å²) in [6.45, 7) is 2.90. The van der Waals surface area contributed by atoms with Crippen molar-refractivity contribution >= 4 is 5.78 Å². The lowest BCUT2D eigenvalue weighted by Gasteiger charge is -2.32. The third-order valence-electron chi connectivity index (χ3n) is 3.60. The van der Waals surface area contributed by atoms with Crippen molar-refractivity contribution in [2.75, 3.05) is 6.54 Å². The van der Waals surface area contributed by atoms with Crippen LogP contribution in [0.1, 0.15) is 45.4 Å². The lowest BCUT2D eigenvalue weighted by atomic mass is 9.99. The Hall–Kier alpha value is -0.630. The van der Waals surface area contributed by atoms with Crippen LogP contribution in [0.5, 0.6) is 0 Å². The molecule has 0 saturated carbocycles. The van der Waals surface area contributed by atoms with Crippen LogP contribution in [0.15, 0.2) is 12.2 Å². The van der Waals surface area contributed by atoms with Gasteiger partial charge in [-0.3, -0.25) is 9.69 Å². The minimum atomic E-state index is 0.340. The molecular formula is C13H21NO. The summed E-state index contributed by atoms with van der Waals surface area (Å²) in [5.41, 5.74) is 0. The molecule has 0 aromatic carbocycles. The van der Waals surface area contributed by atoms with E-state index in [1.54, 1.807) is 6.92 Å². The fourth-order valence-corrected chi connectivity index (χ4v) is 2.92. The molecule has 2 atom stereocenters. The molecule has 2 heteroatoms. The molecule has 0 bridgehead atoms. The normalized spacial score (nSPS) is 32.1. The summed E-state index contributed by atoms with van der Waals surface area (Å²) in [5, 5.41) is 0. The van der Waals surface area contributed by atoms with Crippen molar-refractivity contribution < 1.29 is 4.79 Å². The summed E-state index contributed by atoms with van der Waals surface area (Å²) in [5.74, 6) is 0.340. The van der Waals surface area contributed by atoms with E-state index in [1.807, 2.05) is 0 Å². The van der Waals surface area contributed by atoms with Gasteiger partial charge in [-0.1, -0.05) is 12.2 Å². The van der Waals surface area contributed by atoms with E-state index in [-0.39, 0.29) is 0 Å². The smallest absolute Gasteiger partial charge is 0.131 e. The van der Waals surface area contributed by atoms with Crippen molar-refractivity contribution in [3.63, 3.8) is 0 Å². The van der Waals surface area contributed by atoms with Gasteiger partial charge in [0.2, 0.25) is 0 Å². The van der Waals surface area contributed by atoms with Gasteiger partial charge in [0, 0.05) is 18.5 Å². The third kappa shape index (κ3) is 2.69. The van der Waals surface area contributed by atoms with Gasteiger partial charge < -0.3 is 0 Å². The van der Waals surface area contributed by atoms with Gasteiger partial charge in [-0.15, -0.1) is 0 Å². The number of rotatable bonds is 3. The molecule has 0 amide bonds. The molecule has 1 heterocycles. The summed E-state index contributed by atoms with van der Waals surface area (Å²) < 4.78 is 0. The van der Waals surface area contributed by atoms with E-state index in [0.29, 0.717) is 17.9 Å². The average Bonchev–Trinajstić information content (AvgIpc) is 2.66. The van der Waals surface area contributed by atoms with Crippen LogP contribution in [0.2, 0.25) is 0 Å². The highest BCUT2D eigenvalue weighted by Gasteiger charge is 2.30. The molecule has 0 aromatic rings. The van der Waals surface area contributed by atoms with Gasteiger partial charge in [-0.25, -0.2) is 0 Å². The topological polar surface area (TPSA) is 20.3 Å². The second kappa shape index (κ2) is 4.93. The van der Waals surface area contributed by atoms with Gasteiger partial charge in [-0.2, -0.15) is 0 Å². The predicted octanol–water partition coefficient (Wildman–Crippen LogP) is 2.54. The highest BCUT2D eigenvalue weighted by atomic mass is 16.1. The monoisotopic (exact) mass is 207 g/mol. The molecule has 2 rings (SSSR count). The van der Waals surface area contributed by atoms with Crippen molar-refractivity contribution in [3.8, 4) is 0 Å². The maximum absolute atomic E-state index is 11.2. The molecule has 1 aliphatic heterocycles. The van der Waals surface area contributed by atoms with Crippen molar-refractivity contribution in [1.82, 2.24) is 4.90 Å². The molecule has 0 spiro atoms. The number of likely N-dealkylation sites (tertiary alicyclic amines) is 1. The number of hydrogen-bond donors (Lipinski definition) is 0. The predicted molar refractivity (Wildman–Crippen MR) is 61.8 cm³/mol. The SMILES string of the molecule is CC(=O)CC1CCCN1C1C=CCCC1. The van der Waals surface area contributed by atoms with Crippen LogP contribution in [0, 0.1) is 0 Å². The maximum atomic E-state index is 11.2. The number of carbonyl (C=O) groups excluding carboxylic acids is 1. The fourth-order valence-electron chi connectivity index (χ4n) is 2.92. The molecule has 84 valence electrons. The van der Waals surface area contributed by atoms with Crippen LogP contribution in [0.4, 0.5) is 0 Å². The molecule has 0 N–H and O–H groups in total. The maximum Gasteiger partial charge on any atom is 0.131 e. The fraction of sp³-hybridized carbons (Fsp3) is 0.769. The summed E-state index contributed by atoms with van der Waals surface area (Å²) in [6.07, 6.45) is 11.7. The number of Topliss-reactive ketones (excluding diaryl/α,β-unsaturated/α-hetero) is 1. The number of hydrogen-bond acceptors (Lipinski definition) is 2. The lowest BCUT2D eigenvalue weighted by Crippen LogP contribution is -2.39. The minimum absolute atomic E-state index is 0.340. The van der Waals surface area contributed by atoms with Crippen LogP contribution in [-0.2, 0) is 4.79 Å². The Balaban J connectivity index is 1.97. The first kappa shape index (κ1) is 10.9. The Morgan fingerprint density at radius 3 is 2.93 bits per heavy atom. The zero-order valence-corrected chi connectivity index (χ0v) is 9.61. The molecule has 1 aliphatic carbocycles. The van der Waals surface area contributed by atoms with Crippen LogP contribution >= 0.6 is 0 Å². The van der Waals surface area contributed by atoms with Gasteiger partial charge in [0.1, 0.15) is 5.78 Å². The summed E-state index contributed by atoms with van der Waals surface area (Å²) in [4.78, 5) is 13.7. The Kier molecular flexibility index (Phi) is 3.57. The number of allylic oxidation sites excluding steroid dienone is 1. The highest BCUT2D eigenvalue weighted by Crippen LogP contribution is 2.27. The number of nitrogens with zero attached hydrogens (tertiary/aromatic N) is 1.